The van der Waals surface area contributed by atoms with Gasteiger partial charge in [0.2, 0.25) is 0 Å². The molecule has 424 valence electrons. The standard InChI is InChI=1S/C25H18BrN.C19H13Br2N.C13H12BNO2.C6H7BO2.C6H3Br2I.FH/c1-27-23-13-6-5-10-20(23)21-16-18(14-15-24(21)27)25-19(11-7-12-22(25)26)17-8-3-2-4-9-17;1-22-17-8-3-2-5-13(17)14-11-12(9-10-18(14)22)19-15(20)6-4-7-16(19)21;1-15-12-5-3-2-4-10(12)11-8-9(14(16)17)6-7-13(11)15;8-7(9)6-4-2-1-3-5-6;7-4-2-1-3-5(8)6(4)9;/h2-16H,1H3;2-11H,1H3;2-8,16-17H,1H3;1-5,8-9H;1-3H;1H. The van der Waals surface area contributed by atoms with Gasteiger partial charge in [0, 0.05) is 124 Å². The van der Waals surface area contributed by atoms with Gasteiger partial charge < -0.3 is 33.8 Å². The Morgan fingerprint density at radius 3 is 1.07 bits per heavy atom. The molecule has 85 heavy (non-hydrogen) atoms. The van der Waals surface area contributed by atoms with Crippen molar-refractivity contribution in [3.05, 3.63) is 269 Å². The molecular weight excluding hydrogens is 1500 g/mol. The van der Waals surface area contributed by atoms with Crippen molar-refractivity contribution in [2.75, 3.05) is 0 Å². The van der Waals surface area contributed by atoms with Gasteiger partial charge in [-0.1, -0.05) is 212 Å². The van der Waals surface area contributed by atoms with Crippen molar-refractivity contribution < 1.29 is 24.8 Å². The van der Waals surface area contributed by atoms with Crippen LogP contribution in [-0.2, 0) is 21.1 Å². The van der Waals surface area contributed by atoms with Crippen LogP contribution < -0.4 is 10.9 Å². The summed E-state index contributed by atoms with van der Waals surface area (Å²) in [6.45, 7) is 0. The molecule has 0 saturated carbocycles. The van der Waals surface area contributed by atoms with Crippen LogP contribution in [0.5, 0.6) is 0 Å². The van der Waals surface area contributed by atoms with Crippen molar-refractivity contribution in [1.29, 1.82) is 0 Å². The number of halogens is 7. The first-order valence-electron chi connectivity index (χ1n) is 26.7. The zero-order chi connectivity index (χ0) is 59.2. The molecule has 0 aliphatic heterocycles. The summed E-state index contributed by atoms with van der Waals surface area (Å²) in [6, 6.07) is 82.1. The van der Waals surface area contributed by atoms with Gasteiger partial charge in [-0.2, -0.15) is 0 Å². The second kappa shape index (κ2) is 28.6. The van der Waals surface area contributed by atoms with Crippen LogP contribution in [0.15, 0.2) is 265 Å². The van der Waals surface area contributed by atoms with Gasteiger partial charge >= 0.3 is 14.2 Å². The lowest BCUT2D eigenvalue weighted by molar-refractivity contribution is 0.424. The first kappa shape index (κ1) is 63.4. The average molecular weight is 1560 g/mol. The Morgan fingerprint density at radius 1 is 0.306 bits per heavy atom. The van der Waals surface area contributed by atoms with Crippen LogP contribution in [0.3, 0.4) is 0 Å². The maximum atomic E-state index is 9.21. The lowest BCUT2D eigenvalue weighted by atomic mass is 9.80. The molecule has 16 heteroatoms. The van der Waals surface area contributed by atoms with Crippen LogP contribution in [0.2, 0.25) is 0 Å². The Kier molecular flexibility index (Phi) is 21.3. The van der Waals surface area contributed by atoms with Gasteiger partial charge in [0.05, 0.1) is 0 Å². The minimum Gasteiger partial charge on any atom is -0.423 e. The van der Waals surface area contributed by atoms with E-state index >= 15 is 0 Å². The van der Waals surface area contributed by atoms with E-state index in [4.69, 9.17) is 10.0 Å². The summed E-state index contributed by atoms with van der Waals surface area (Å²) in [6.07, 6.45) is 0. The summed E-state index contributed by atoms with van der Waals surface area (Å²) in [4.78, 5) is 0. The molecule has 0 aliphatic carbocycles. The van der Waals surface area contributed by atoms with E-state index in [1.54, 1.807) is 30.3 Å². The normalized spacial score (nSPS) is 10.8. The molecule has 14 aromatic rings. The summed E-state index contributed by atoms with van der Waals surface area (Å²) >= 11 is 20.2. The molecule has 3 heterocycles. The summed E-state index contributed by atoms with van der Waals surface area (Å²) in [5.74, 6) is 0. The summed E-state index contributed by atoms with van der Waals surface area (Å²) in [7, 11) is 3.51. The smallest absolute Gasteiger partial charge is 0.423 e. The molecule has 0 radical (unpaired) electrons. The molecule has 0 saturated heterocycles. The minimum absolute atomic E-state index is 0. The predicted octanol–water partition coefficient (Wildman–Crippen LogP) is 18.3. The highest BCUT2D eigenvalue weighted by Gasteiger charge is 2.17. The van der Waals surface area contributed by atoms with E-state index in [0.29, 0.717) is 10.9 Å². The van der Waals surface area contributed by atoms with Gasteiger partial charge in [0.15, 0.2) is 0 Å². The zero-order valence-electron chi connectivity index (χ0n) is 46.1. The predicted molar refractivity (Wildman–Crippen MR) is 384 cm³/mol. The number of para-hydroxylation sites is 3. The van der Waals surface area contributed by atoms with Gasteiger partial charge in [0.25, 0.3) is 0 Å². The molecule has 7 nitrogen and oxygen atoms in total. The number of aryl methyl sites for hydroxylation is 3. The van der Waals surface area contributed by atoms with E-state index in [1.165, 1.54) is 80.6 Å². The van der Waals surface area contributed by atoms with Crippen molar-refractivity contribution in [2.24, 2.45) is 21.1 Å². The second-order valence-corrected chi connectivity index (χ2v) is 25.1. The number of nitrogens with zero attached hydrogens (tertiary/aromatic N) is 3. The third kappa shape index (κ3) is 13.8. The molecule has 0 aliphatic rings. The number of fused-ring (bicyclic) bond motifs is 9. The summed E-state index contributed by atoms with van der Waals surface area (Å²) in [5.41, 5.74) is 15.7. The molecule has 0 atom stereocenters. The van der Waals surface area contributed by atoms with Crippen molar-refractivity contribution >= 4 is 193 Å². The SMILES string of the molecule is Brc1cccc(Br)c1I.Cn1c2ccccc2c2cc(-c3c(Br)cccc3-c3ccccc3)ccc21.Cn1c2ccccc2c2cc(-c3c(Br)cccc3Br)ccc21.Cn1c2ccccc2c2cc(B(O)O)ccc21.F.OB(O)c1ccccc1. The Hall–Kier alpha value is -6.15. The third-order valence-electron chi connectivity index (χ3n) is 14.7. The topological polar surface area (TPSA) is 95.7 Å². The monoisotopic (exact) mass is 1550 g/mol. The molecule has 0 unspecified atom stereocenters. The fraction of sp³-hybridized carbons (Fsp3) is 0.0435. The van der Waals surface area contributed by atoms with Gasteiger partial charge in [-0.05, 0) is 166 Å². The molecule has 11 aromatic carbocycles. The lowest BCUT2D eigenvalue weighted by Crippen LogP contribution is -2.29. The van der Waals surface area contributed by atoms with Gasteiger partial charge in [0.1, 0.15) is 0 Å². The van der Waals surface area contributed by atoms with E-state index in [2.05, 4.69) is 282 Å². The molecule has 0 amide bonds. The third-order valence-corrected chi connectivity index (χ3v) is 20.7. The minimum atomic E-state index is -1.42. The number of benzene rings is 11. The number of hydrogen-bond donors (Lipinski definition) is 4. The number of hydrogen-bond acceptors (Lipinski definition) is 4. The van der Waals surface area contributed by atoms with Crippen LogP contribution in [0, 0.1) is 3.57 Å². The molecule has 0 bridgehead atoms. The average Bonchev–Trinajstić information content (AvgIpc) is 4.15. The lowest BCUT2D eigenvalue weighted by Gasteiger charge is -2.13. The van der Waals surface area contributed by atoms with E-state index in [1.807, 2.05) is 67.7 Å². The fourth-order valence-electron chi connectivity index (χ4n) is 10.5. The Morgan fingerprint density at radius 2 is 0.647 bits per heavy atom. The first-order chi connectivity index (χ1) is 40.6. The molecule has 0 fully saturated rings. The quantitative estimate of drug-likeness (QED) is 0.0784. The Labute approximate surface area is 549 Å². The van der Waals surface area contributed by atoms with Crippen molar-refractivity contribution in [2.45, 2.75) is 0 Å². The van der Waals surface area contributed by atoms with Crippen LogP contribution >= 0.6 is 102 Å². The molecule has 3 aromatic heterocycles. The van der Waals surface area contributed by atoms with Crippen molar-refractivity contribution in [3.63, 3.8) is 0 Å². The van der Waals surface area contributed by atoms with Crippen LogP contribution in [0.1, 0.15) is 0 Å². The van der Waals surface area contributed by atoms with E-state index < -0.39 is 14.2 Å². The van der Waals surface area contributed by atoms with Crippen molar-refractivity contribution in [1.82, 2.24) is 13.7 Å². The second-order valence-electron chi connectivity index (χ2n) is 19.8. The van der Waals surface area contributed by atoms with Gasteiger partial charge in [-0.3, -0.25) is 4.70 Å². The molecule has 4 N–H and O–H groups in total. The van der Waals surface area contributed by atoms with Crippen LogP contribution in [0.25, 0.3) is 98.8 Å². The molecule has 14 rings (SSSR count). The maximum Gasteiger partial charge on any atom is 0.488 e. The first-order valence-corrected chi connectivity index (χ1v) is 31.7. The highest BCUT2D eigenvalue weighted by atomic mass is 127. The van der Waals surface area contributed by atoms with Crippen molar-refractivity contribution in [3.8, 4) is 33.4 Å². The highest BCUT2D eigenvalue weighted by Crippen LogP contribution is 2.41. The van der Waals surface area contributed by atoms with Gasteiger partial charge in [-0.15, -0.1) is 0 Å². The van der Waals surface area contributed by atoms with Gasteiger partial charge in [-0.25, -0.2) is 0 Å². The zero-order valence-corrected chi connectivity index (χ0v) is 56.1. The van der Waals surface area contributed by atoms with E-state index in [9.17, 15) is 10.0 Å². The Bertz CT molecular complexity index is 4620. The van der Waals surface area contributed by atoms with E-state index in [-0.39, 0.29) is 4.70 Å². The molecular formula is C69H54B2Br5FIN3O4. The maximum absolute atomic E-state index is 9.21. The summed E-state index contributed by atoms with van der Waals surface area (Å²) in [5, 5.41) is 42.9. The Balaban J connectivity index is 0.000000135. The summed E-state index contributed by atoms with van der Waals surface area (Å²) < 4.78 is 13.4. The largest absolute Gasteiger partial charge is 0.488 e. The van der Waals surface area contributed by atoms with Crippen LogP contribution in [0.4, 0.5) is 4.70 Å². The van der Waals surface area contributed by atoms with Crippen LogP contribution in [-0.4, -0.2) is 48.0 Å². The fourth-order valence-corrected chi connectivity index (χ4v) is 14.0. The number of aromatic nitrogens is 3. The number of rotatable bonds is 5. The highest BCUT2D eigenvalue weighted by molar-refractivity contribution is 14.1. The van der Waals surface area contributed by atoms with E-state index in [0.717, 1.165) is 44.2 Å². The molecule has 0 spiro atoms.